The topological polar surface area (TPSA) is 42.3 Å². The highest BCUT2D eigenvalue weighted by Gasteiger charge is 2.17. The average Bonchev–Trinajstić information content (AvgIpc) is 2.53. The van der Waals surface area contributed by atoms with Crippen molar-refractivity contribution in [1.29, 1.82) is 0 Å². The van der Waals surface area contributed by atoms with Crippen LogP contribution in [0.15, 0.2) is 23.5 Å². The van der Waals surface area contributed by atoms with Crippen LogP contribution in [0.4, 0.5) is 0 Å². The maximum atomic E-state index is 10.9. The molecule has 1 aromatic rings. The van der Waals surface area contributed by atoms with Crippen LogP contribution in [-0.2, 0) is 4.79 Å². The summed E-state index contributed by atoms with van der Waals surface area (Å²) in [6, 6.07) is 1.92. The highest BCUT2D eigenvalue weighted by molar-refractivity contribution is 8.15. The molecule has 0 unspecified atom stereocenters. The highest BCUT2D eigenvalue weighted by Crippen LogP contribution is 2.21. The summed E-state index contributed by atoms with van der Waals surface area (Å²) in [5.74, 6) is 0.409. The van der Waals surface area contributed by atoms with E-state index in [0.717, 1.165) is 16.2 Å². The predicted molar refractivity (Wildman–Crippen MR) is 53.0 cm³/mol. The number of thioether (sulfide) groups is 1. The lowest BCUT2D eigenvalue weighted by molar-refractivity contribution is -0.115. The Bertz CT molecular complexity index is 387. The number of carbonyl (C=O) groups excluding carboxylic acids is 1. The van der Waals surface area contributed by atoms with Crippen molar-refractivity contribution >= 4 is 22.7 Å². The van der Waals surface area contributed by atoms with Gasteiger partial charge in [0, 0.05) is 18.0 Å². The molecule has 66 valence electrons. The number of aryl methyl sites for hydroxylation is 1. The molecular formula is C9H8N2OS. The van der Waals surface area contributed by atoms with Crippen LogP contribution >= 0.6 is 11.8 Å². The van der Waals surface area contributed by atoms with Crippen LogP contribution in [0.5, 0.6) is 0 Å². The molecule has 0 aliphatic carbocycles. The summed E-state index contributed by atoms with van der Waals surface area (Å²) in [4.78, 5) is 18.8. The lowest BCUT2D eigenvalue weighted by Crippen LogP contribution is -1.96. The van der Waals surface area contributed by atoms with Gasteiger partial charge in [0.25, 0.3) is 5.91 Å². The minimum absolute atomic E-state index is 0.0525. The van der Waals surface area contributed by atoms with Gasteiger partial charge in [0.05, 0.1) is 5.75 Å². The number of pyridine rings is 1. The summed E-state index contributed by atoms with van der Waals surface area (Å²) in [6.45, 7) is 1.99. The van der Waals surface area contributed by atoms with Crippen LogP contribution in [0.25, 0.3) is 0 Å². The first-order valence-corrected chi connectivity index (χ1v) is 4.91. The highest BCUT2D eigenvalue weighted by atomic mass is 32.2. The van der Waals surface area contributed by atoms with Gasteiger partial charge in [-0.2, -0.15) is 0 Å². The molecule has 1 amide bonds. The third-order valence-corrected chi connectivity index (χ3v) is 2.80. The molecular weight excluding hydrogens is 184 g/mol. The zero-order valence-corrected chi connectivity index (χ0v) is 7.97. The van der Waals surface area contributed by atoms with Gasteiger partial charge in [-0.1, -0.05) is 11.8 Å². The zero-order valence-electron chi connectivity index (χ0n) is 7.15. The Morgan fingerprint density at radius 1 is 1.54 bits per heavy atom. The van der Waals surface area contributed by atoms with Gasteiger partial charge in [-0.05, 0) is 18.6 Å². The fourth-order valence-corrected chi connectivity index (χ4v) is 1.99. The zero-order chi connectivity index (χ0) is 9.26. The minimum atomic E-state index is -0.0525. The summed E-state index contributed by atoms with van der Waals surface area (Å²) in [7, 11) is 0. The van der Waals surface area contributed by atoms with Crippen LogP contribution in [-0.4, -0.2) is 21.7 Å². The van der Waals surface area contributed by atoms with E-state index in [9.17, 15) is 4.79 Å². The third-order valence-electron chi connectivity index (χ3n) is 1.83. The first-order valence-electron chi connectivity index (χ1n) is 3.92. The summed E-state index contributed by atoms with van der Waals surface area (Å²) in [6.07, 6.45) is 3.49. The average molecular weight is 192 g/mol. The number of hydrogen-bond donors (Lipinski definition) is 0. The van der Waals surface area contributed by atoms with Crippen molar-refractivity contribution in [3.63, 3.8) is 0 Å². The molecule has 2 heterocycles. The van der Waals surface area contributed by atoms with Gasteiger partial charge in [0.1, 0.15) is 5.04 Å². The molecule has 0 bridgehead atoms. The maximum Gasteiger partial charge on any atom is 0.257 e. The molecule has 3 nitrogen and oxygen atoms in total. The number of amides is 1. The van der Waals surface area contributed by atoms with Gasteiger partial charge in [-0.25, -0.2) is 4.99 Å². The monoisotopic (exact) mass is 192 g/mol. The van der Waals surface area contributed by atoms with Gasteiger partial charge in [-0.15, -0.1) is 0 Å². The number of nitrogens with zero attached hydrogens (tertiary/aromatic N) is 2. The number of aromatic nitrogens is 1. The molecule has 0 N–H and O–H groups in total. The van der Waals surface area contributed by atoms with Crippen LogP contribution in [0.3, 0.4) is 0 Å². The summed E-state index contributed by atoms with van der Waals surface area (Å²) < 4.78 is 0. The first kappa shape index (κ1) is 8.44. The summed E-state index contributed by atoms with van der Waals surface area (Å²) >= 11 is 1.48. The molecule has 2 rings (SSSR count). The molecule has 0 atom stereocenters. The molecule has 1 aliphatic rings. The summed E-state index contributed by atoms with van der Waals surface area (Å²) in [5.41, 5.74) is 2.08. The molecule has 4 heteroatoms. The van der Waals surface area contributed by atoms with Crippen molar-refractivity contribution in [1.82, 2.24) is 4.98 Å². The van der Waals surface area contributed by atoms with E-state index in [1.165, 1.54) is 11.8 Å². The van der Waals surface area contributed by atoms with Crippen molar-refractivity contribution in [3.05, 3.63) is 29.6 Å². The Hall–Kier alpha value is -1.16. The van der Waals surface area contributed by atoms with Crippen molar-refractivity contribution in [2.75, 3.05) is 5.75 Å². The minimum Gasteiger partial charge on any atom is -0.272 e. The van der Waals surface area contributed by atoms with E-state index in [1.54, 1.807) is 12.4 Å². The third kappa shape index (κ3) is 1.62. The molecule has 0 fully saturated rings. The normalized spacial score (nSPS) is 16.1. The van der Waals surface area contributed by atoms with Crippen LogP contribution in [0.1, 0.15) is 11.1 Å². The second kappa shape index (κ2) is 3.30. The van der Waals surface area contributed by atoms with E-state index in [0.29, 0.717) is 5.75 Å². The van der Waals surface area contributed by atoms with Crippen molar-refractivity contribution < 1.29 is 4.79 Å². The van der Waals surface area contributed by atoms with Gasteiger partial charge < -0.3 is 0 Å². The van der Waals surface area contributed by atoms with Gasteiger partial charge in [0.15, 0.2) is 0 Å². The molecule has 0 saturated carbocycles. The van der Waals surface area contributed by atoms with Gasteiger partial charge in [-0.3, -0.25) is 9.78 Å². The Labute approximate surface area is 80.3 Å². The first-order chi connectivity index (χ1) is 6.27. The molecule has 0 saturated heterocycles. The molecule has 0 radical (unpaired) electrons. The van der Waals surface area contributed by atoms with Gasteiger partial charge >= 0.3 is 0 Å². The molecule has 1 aliphatic heterocycles. The fraction of sp³-hybridized carbons (Fsp3) is 0.222. The van der Waals surface area contributed by atoms with E-state index in [1.807, 2.05) is 13.0 Å². The quantitative estimate of drug-likeness (QED) is 0.675. The van der Waals surface area contributed by atoms with E-state index in [4.69, 9.17) is 0 Å². The van der Waals surface area contributed by atoms with E-state index >= 15 is 0 Å². The Balaban J connectivity index is 2.41. The SMILES string of the molecule is Cc1ccncc1C1=NC(=O)CS1. The van der Waals surface area contributed by atoms with Crippen molar-refractivity contribution in [3.8, 4) is 0 Å². The number of carbonyl (C=O) groups is 1. The largest absolute Gasteiger partial charge is 0.272 e. The van der Waals surface area contributed by atoms with Crippen LogP contribution in [0.2, 0.25) is 0 Å². The molecule has 1 aromatic heterocycles. The Morgan fingerprint density at radius 3 is 3.00 bits per heavy atom. The fourth-order valence-electron chi connectivity index (χ4n) is 1.13. The second-order valence-corrected chi connectivity index (χ2v) is 3.75. The van der Waals surface area contributed by atoms with E-state index in [2.05, 4.69) is 9.98 Å². The standard InChI is InChI=1S/C9H8N2OS/c1-6-2-3-10-4-7(6)9-11-8(12)5-13-9/h2-4H,5H2,1H3. The Morgan fingerprint density at radius 2 is 2.38 bits per heavy atom. The van der Waals surface area contributed by atoms with Crippen LogP contribution < -0.4 is 0 Å². The summed E-state index contributed by atoms with van der Waals surface area (Å²) in [5, 5.41) is 0.801. The maximum absolute atomic E-state index is 10.9. The lowest BCUT2D eigenvalue weighted by Gasteiger charge is -2.01. The predicted octanol–water partition coefficient (Wildman–Crippen LogP) is 1.41. The van der Waals surface area contributed by atoms with Crippen molar-refractivity contribution in [2.45, 2.75) is 6.92 Å². The number of hydrogen-bond acceptors (Lipinski definition) is 3. The second-order valence-electron chi connectivity index (χ2n) is 2.79. The van der Waals surface area contributed by atoms with E-state index < -0.39 is 0 Å². The molecule has 0 spiro atoms. The smallest absolute Gasteiger partial charge is 0.257 e. The Kier molecular flexibility index (Phi) is 2.14. The van der Waals surface area contributed by atoms with Crippen molar-refractivity contribution in [2.24, 2.45) is 4.99 Å². The lowest BCUT2D eigenvalue weighted by atomic mass is 10.2. The number of rotatable bonds is 1. The van der Waals surface area contributed by atoms with E-state index in [-0.39, 0.29) is 5.91 Å². The number of aliphatic imine (C=N–C) groups is 1. The molecule has 0 aromatic carbocycles. The molecule has 13 heavy (non-hydrogen) atoms. The van der Waals surface area contributed by atoms with Crippen LogP contribution in [0, 0.1) is 6.92 Å². The van der Waals surface area contributed by atoms with Gasteiger partial charge in [0.2, 0.25) is 0 Å².